The van der Waals surface area contributed by atoms with E-state index in [1.807, 2.05) is 12.1 Å². The van der Waals surface area contributed by atoms with E-state index in [0.29, 0.717) is 18.8 Å². The van der Waals surface area contributed by atoms with Gasteiger partial charge in [0.2, 0.25) is 0 Å². The summed E-state index contributed by atoms with van der Waals surface area (Å²) in [7, 11) is 0. The lowest BCUT2D eigenvalue weighted by Gasteiger charge is -2.36. The van der Waals surface area contributed by atoms with Crippen LogP contribution in [0.25, 0.3) is 11.1 Å². The van der Waals surface area contributed by atoms with Crippen molar-refractivity contribution in [1.82, 2.24) is 0 Å². The van der Waals surface area contributed by atoms with Gasteiger partial charge in [0.15, 0.2) is 0 Å². The summed E-state index contributed by atoms with van der Waals surface area (Å²) in [6, 6.07) is 14.9. The molecule has 0 radical (unpaired) electrons. The molecule has 0 spiro atoms. The maximum atomic E-state index is 10.3. The maximum absolute atomic E-state index is 10.3. The van der Waals surface area contributed by atoms with Gasteiger partial charge in [-0.3, -0.25) is 0 Å². The fraction of sp³-hybridized carbons (Fsp3) is 0.440. The minimum atomic E-state index is -0.502. The molecule has 160 valence electrons. The summed E-state index contributed by atoms with van der Waals surface area (Å²) >= 11 is 0. The molecule has 0 amide bonds. The molecule has 0 bridgehead atoms. The Morgan fingerprint density at radius 3 is 2.50 bits per heavy atom. The molecular weight excluding hydrogens is 380 g/mol. The second-order valence-corrected chi connectivity index (χ2v) is 8.23. The molecule has 4 atom stereocenters. The van der Waals surface area contributed by atoms with Gasteiger partial charge in [-0.15, -0.1) is 0 Å². The predicted octanol–water partition coefficient (Wildman–Crippen LogP) is 3.07. The third-order valence-corrected chi connectivity index (χ3v) is 5.92. The van der Waals surface area contributed by atoms with Crippen molar-refractivity contribution in [2.45, 2.75) is 44.0 Å². The zero-order valence-corrected chi connectivity index (χ0v) is 17.1. The monoisotopic (exact) mass is 410 g/mol. The van der Waals surface area contributed by atoms with Crippen molar-refractivity contribution in [3.8, 4) is 11.1 Å². The van der Waals surface area contributed by atoms with Gasteiger partial charge in [0, 0.05) is 18.4 Å². The van der Waals surface area contributed by atoms with Gasteiger partial charge in [0.05, 0.1) is 31.5 Å². The van der Waals surface area contributed by atoms with Crippen molar-refractivity contribution in [2.24, 2.45) is 5.92 Å². The molecule has 0 aromatic rings. The van der Waals surface area contributed by atoms with Crippen LogP contribution in [0.5, 0.6) is 0 Å². The summed E-state index contributed by atoms with van der Waals surface area (Å²) in [5.74, 6) is 1.01. The molecule has 30 heavy (non-hydrogen) atoms. The van der Waals surface area contributed by atoms with Gasteiger partial charge in [0.25, 0.3) is 0 Å². The normalized spacial score (nSPS) is 26.9. The van der Waals surface area contributed by atoms with Gasteiger partial charge in [-0.1, -0.05) is 48.5 Å². The lowest BCUT2D eigenvalue weighted by molar-refractivity contribution is -0.100. The molecule has 3 N–H and O–H groups in total. The van der Waals surface area contributed by atoms with Crippen molar-refractivity contribution in [2.75, 3.05) is 19.8 Å². The second-order valence-electron chi connectivity index (χ2n) is 8.23. The smallest absolute Gasteiger partial charge is 0.120 e. The lowest BCUT2D eigenvalue weighted by Crippen LogP contribution is -2.39. The summed E-state index contributed by atoms with van der Waals surface area (Å²) in [6.45, 7) is 0.0568. The predicted molar refractivity (Wildman–Crippen MR) is 115 cm³/mol. The van der Waals surface area contributed by atoms with Crippen molar-refractivity contribution < 1.29 is 24.8 Å². The minimum absolute atomic E-state index is 0.0566. The highest BCUT2D eigenvalue weighted by molar-refractivity contribution is 5.68. The van der Waals surface area contributed by atoms with Crippen molar-refractivity contribution in [1.29, 1.82) is 0 Å². The highest BCUT2D eigenvalue weighted by Gasteiger charge is 2.33. The Labute approximate surface area is 177 Å². The summed E-state index contributed by atoms with van der Waals surface area (Å²) < 4.78 is 11.8. The fourth-order valence-corrected chi connectivity index (χ4v) is 4.54. The first kappa shape index (κ1) is 21.1. The zero-order chi connectivity index (χ0) is 20.9. The standard InChI is InChI=1S/C25H30O5/c26-8-9-29-24-7-6-17(10-18-11-19-4-2-1-3-5-20(19)12-18)13-23(24)25-15-21(28)14-22(16-27)30-25/h1-7,11-12,17,21-22,25-28H,8-10,13-16H2. The minimum Gasteiger partial charge on any atom is -0.491 e. The van der Waals surface area contributed by atoms with E-state index in [4.69, 9.17) is 9.47 Å². The van der Waals surface area contributed by atoms with Gasteiger partial charge in [-0.25, -0.2) is 0 Å². The number of hydrogen-bond acceptors (Lipinski definition) is 5. The Morgan fingerprint density at radius 1 is 1.03 bits per heavy atom. The molecule has 0 aromatic carbocycles. The summed E-state index contributed by atoms with van der Waals surface area (Å²) in [4.78, 5) is 0. The van der Waals surface area contributed by atoms with Crippen LogP contribution in [0.1, 0.15) is 24.8 Å². The van der Waals surface area contributed by atoms with Crippen molar-refractivity contribution >= 4 is 0 Å². The van der Waals surface area contributed by atoms with Crippen LogP contribution in [0.2, 0.25) is 0 Å². The summed E-state index contributed by atoms with van der Waals surface area (Å²) in [5.41, 5.74) is 4.78. The molecule has 4 aliphatic rings. The van der Waals surface area contributed by atoms with E-state index in [1.54, 1.807) is 0 Å². The number of hydrogen-bond donors (Lipinski definition) is 3. The highest BCUT2D eigenvalue weighted by atomic mass is 16.5. The number of ether oxygens (including phenoxy) is 2. The van der Waals surface area contributed by atoms with Crippen LogP contribution < -0.4 is 0 Å². The third-order valence-electron chi connectivity index (χ3n) is 5.92. The van der Waals surface area contributed by atoms with E-state index in [-0.39, 0.29) is 32.0 Å². The molecule has 0 saturated carbocycles. The van der Waals surface area contributed by atoms with Crippen LogP contribution in [0.3, 0.4) is 0 Å². The molecule has 4 unspecified atom stereocenters. The van der Waals surface area contributed by atoms with Crippen LogP contribution in [0.4, 0.5) is 0 Å². The molecule has 1 aliphatic heterocycles. The Bertz CT molecular complexity index is 843. The molecule has 0 aromatic heterocycles. The van der Waals surface area contributed by atoms with Crippen LogP contribution in [-0.2, 0) is 15.9 Å². The number of rotatable bonds is 7. The molecule has 1 fully saturated rings. The van der Waals surface area contributed by atoms with E-state index >= 15 is 0 Å². The average molecular weight is 411 g/mol. The summed E-state index contributed by atoms with van der Waals surface area (Å²) in [5, 5.41) is 29.0. The Balaban J connectivity index is 1.53. The van der Waals surface area contributed by atoms with E-state index < -0.39 is 6.10 Å². The van der Waals surface area contributed by atoms with Crippen LogP contribution in [0, 0.1) is 5.92 Å². The zero-order valence-electron chi connectivity index (χ0n) is 17.1. The quantitative estimate of drug-likeness (QED) is 0.654. The van der Waals surface area contributed by atoms with Gasteiger partial charge in [0.1, 0.15) is 12.4 Å². The van der Waals surface area contributed by atoms with Gasteiger partial charge in [-0.05, 0) is 41.5 Å². The SMILES string of the molecule is OCCOC1=C(C2CC(O)CC(CO)O2)CC(Cc2cc3cccccc-3c2)C=C1. The van der Waals surface area contributed by atoms with Crippen LogP contribution in [0.15, 0.2) is 65.9 Å². The first-order valence-corrected chi connectivity index (χ1v) is 10.7. The summed E-state index contributed by atoms with van der Waals surface area (Å²) in [6.07, 6.45) is 5.60. The first-order chi connectivity index (χ1) is 14.7. The Morgan fingerprint density at radius 2 is 1.80 bits per heavy atom. The topological polar surface area (TPSA) is 79.2 Å². The molecule has 5 nitrogen and oxygen atoms in total. The molecule has 3 aliphatic carbocycles. The first-order valence-electron chi connectivity index (χ1n) is 10.7. The number of fused-ring (bicyclic) bond motifs is 1. The molecule has 1 saturated heterocycles. The van der Waals surface area contributed by atoms with Gasteiger partial charge >= 0.3 is 0 Å². The molecular formula is C25H30O5. The van der Waals surface area contributed by atoms with E-state index in [9.17, 15) is 15.3 Å². The lowest BCUT2D eigenvalue weighted by atomic mass is 9.84. The molecule has 4 rings (SSSR count). The number of aliphatic hydroxyl groups excluding tert-OH is 3. The van der Waals surface area contributed by atoms with E-state index in [2.05, 4.69) is 42.5 Å². The Kier molecular flexibility index (Phi) is 6.85. The Hall–Kier alpha value is -2.18. The molecule has 5 heteroatoms. The molecule has 1 heterocycles. The van der Waals surface area contributed by atoms with Crippen LogP contribution in [-0.4, -0.2) is 53.5 Å². The number of allylic oxidation sites excluding steroid dienone is 2. The maximum Gasteiger partial charge on any atom is 0.120 e. The fourth-order valence-electron chi connectivity index (χ4n) is 4.54. The second kappa shape index (κ2) is 9.75. The van der Waals surface area contributed by atoms with Gasteiger partial charge in [-0.2, -0.15) is 0 Å². The highest BCUT2D eigenvalue weighted by Crippen LogP contribution is 2.36. The van der Waals surface area contributed by atoms with E-state index in [1.165, 1.54) is 16.7 Å². The largest absolute Gasteiger partial charge is 0.491 e. The third kappa shape index (κ3) is 4.93. The van der Waals surface area contributed by atoms with Crippen molar-refractivity contribution in [3.05, 3.63) is 71.5 Å². The average Bonchev–Trinajstić information content (AvgIpc) is 3.00. The van der Waals surface area contributed by atoms with Crippen molar-refractivity contribution in [3.63, 3.8) is 0 Å². The van der Waals surface area contributed by atoms with E-state index in [0.717, 1.165) is 24.2 Å². The van der Waals surface area contributed by atoms with Gasteiger partial charge < -0.3 is 24.8 Å². The van der Waals surface area contributed by atoms with Crippen LogP contribution >= 0.6 is 0 Å². The number of aliphatic hydroxyl groups is 3.